The van der Waals surface area contributed by atoms with Gasteiger partial charge in [-0.25, -0.2) is 0 Å². The molecule has 2 atom stereocenters. The van der Waals surface area contributed by atoms with Crippen molar-refractivity contribution in [3.8, 4) is 5.75 Å². The van der Waals surface area contributed by atoms with Gasteiger partial charge in [-0.15, -0.1) is 0 Å². The number of rotatable bonds is 6. The summed E-state index contributed by atoms with van der Waals surface area (Å²) < 4.78 is 6.24. The van der Waals surface area contributed by atoms with Gasteiger partial charge >= 0.3 is 0 Å². The standard InChI is InChI=1S/C17H26ClNO/c1-3-9-19-12-14-11-15(18)7-8-17(14)20-16-6-4-5-13(2)10-16/h7-8,11,13,16,19H,3-6,9-10,12H2,1-2H3. The first-order chi connectivity index (χ1) is 9.69. The third-order valence-corrected chi connectivity index (χ3v) is 4.18. The zero-order chi connectivity index (χ0) is 14.4. The van der Waals surface area contributed by atoms with Gasteiger partial charge in [-0.05, 0) is 56.3 Å². The average molecular weight is 296 g/mol. The van der Waals surface area contributed by atoms with Crippen molar-refractivity contribution in [2.75, 3.05) is 6.54 Å². The second-order valence-corrected chi connectivity index (χ2v) is 6.38. The molecule has 1 saturated carbocycles. The van der Waals surface area contributed by atoms with Gasteiger partial charge in [-0.1, -0.05) is 31.9 Å². The lowest BCUT2D eigenvalue weighted by molar-refractivity contribution is 0.128. The van der Waals surface area contributed by atoms with Crippen LogP contribution in [0.4, 0.5) is 0 Å². The summed E-state index contributed by atoms with van der Waals surface area (Å²) in [6, 6.07) is 5.96. The van der Waals surface area contributed by atoms with E-state index in [9.17, 15) is 0 Å². The third kappa shape index (κ3) is 4.68. The van der Waals surface area contributed by atoms with E-state index in [-0.39, 0.29) is 0 Å². The summed E-state index contributed by atoms with van der Waals surface area (Å²) in [5, 5.41) is 4.21. The number of halogens is 1. The highest BCUT2D eigenvalue weighted by atomic mass is 35.5. The summed E-state index contributed by atoms with van der Waals surface area (Å²) in [7, 11) is 0. The molecule has 20 heavy (non-hydrogen) atoms. The van der Waals surface area contributed by atoms with Gasteiger partial charge in [0.2, 0.25) is 0 Å². The number of benzene rings is 1. The van der Waals surface area contributed by atoms with Crippen LogP contribution in [0.25, 0.3) is 0 Å². The van der Waals surface area contributed by atoms with Crippen molar-refractivity contribution in [2.24, 2.45) is 5.92 Å². The van der Waals surface area contributed by atoms with Crippen LogP contribution in [-0.4, -0.2) is 12.6 Å². The van der Waals surface area contributed by atoms with Gasteiger partial charge < -0.3 is 10.1 Å². The molecule has 1 aliphatic rings. The molecule has 1 aromatic carbocycles. The lowest BCUT2D eigenvalue weighted by Gasteiger charge is -2.28. The minimum atomic E-state index is 0.366. The van der Waals surface area contributed by atoms with E-state index in [0.717, 1.165) is 36.2 Å². The Kier molecular flexibility index (Phi) is 6.18. The van der Waals surface area contributed by atoms with E-state index in [1.807, 2.05) is 18.2 Å². The molecule has 3 heteroatoms. The second kappa shape index (κ2) is 7.90. The maximum Gasteiger partial charge on any atom is 0.124 e. The first kappa shape index (κ1) is 15.7. The molecule has 2 nitrogen and oxygen atoms in total. The second-order valence-electron chi connectivity index (χ2n) is 5.94. The summed E-state index contributed by atoms with van der Waals surface area (Å²) in [4.78, 5) is 0. The van der Waals surface area contributed by atoms with E-state index < -0.39 is 0 Å². The molecule has 0 radical (unpaired) electrons. The van der Waals surface area contributed by atoms with Gasteiger partial charge in [-0.2, -0.15) is 0 Å². The molecule has 0 aromatic heterocycles. The summed E-state index contributed by atoms with van der Waals surface area (Å²) in [5.74, 6) is 1.78. The van der Waals surface area contributed by atoms with Crippen molar-refractivity contribution >= 4 is 11.6 Å². The topological polar surface area (TPSA) is 21.3 Å². The van der Waals surface area contributed by atoms with Gasteiger partial charge in [0.25, 0.3) is 0 Å². The zero-order valence-electron chi connectivity index (χ0n) is 12.6. The van der Waals surface area contributed by atoms with Gasteiger partial charge in [-0.3, -0.25) is 0 Å². The Morgan fingerprint density at radius 2 is 2.20 bits per heavy atom. The van der Waals surface area contributed by atoms with E-state index in [1.54, 1.807) is 0 Å². The third-order valence-electron chi connectivity index (χ3n) is 3.95. The highest BCUT2D eigenvalue weighted by Gasteiger charge is 2.21. The quantitative estimate of drug-likeness (QED) is 0.761. The fourth-order valence-corrected chi connectivity index (χ4v) is 3.06. The Bertz CT molecular complexity index is 421. The van der Waals surface area contributed by atoms with Gasteiger partial charge in [0.1, 0.15) is 5.75 Å². The molecular weight excluding hydrogens is 270 g/mol. The molecule has 1 fully saturated rings. The van der Waals surface area contributed by atoms with E-state index >= 15 is 0 Å². The average Bonchev–Trinajstić information content (AvgIpc) is 2.42. The Hall–Kier alpha value is -0.730. The molecule has 1 aliphatic carbocycles. The van der Waals surface area contributed by atoms with Crippen molar-refractivity contribution in [2.45, 2.75) is 58.6 Å². The predicted molar refractivity (Wildman–Crippen MR) is 85.5 cm³/mol. The van der Waals surface area contributed by atoms with Gasteiger partial charge in [0.15, 0.2) is 0 Å². The zero-order valence-corrected chi connectivity index (χ0v) is 13.4. The molecule has 0 aliphatic heterocycles. The SMILES string of the molecule is CCCNCc1cc(Cl)ccc1OC1CCCC(C)C1. The van der Waals surface area contributed by atoms with Crippen LogP contribution >= 0.6 is 11.6 Å². The smallest absolute Gasteiger partial charge is 0.124 e. The first-order valence-electron chi connectivity index (χ1n) is 7.84. The maximum atomic E-state index is 6.24. The Balaban J connectivity index is 2.01. The van der Waals surface area contributed by atoms with Crippen LogP contribution in [0.2, 0.25) is 5.02 Å². The lowest BCUT2D eigenvalue weighted by atomic mass is 9.88. The van der Waals surface area contributed by atoms with Crippen LogP contribution in [0.1, 0.15) is 51.5 Å². The molecule has 0 bridgehead atoms. The maximum absolute atomic E-state index is 6.24. The molecule has 0 spiro atoms. The summed E-state index contributed by atoms with van der Waals surface area (Å²) in [5.41, 5.74) is 1.17. The van der Waals surface area contributed by atoms with Crippen LogP contribution in [0.5, 0.6) is 5.75 Å². The Morgan fingerprint density at radius 1 is 1.35 bits per heavy atom. The summed E-state index contributed by atoms with van der Waals surface area (Å²) in [6.07, 6.45) is 6.47. The predicted octanol–water partition coefficient (Wildman–Crippen LogP) is 4.80. The van der Waals surface area contributed by atoms with Crippen molar-refractivity contribution in [3.05, 3.63) is 28.8 Å². The largest absolute Gasteiger partial charge is 0.490 e. The van der Waals surface area contributed by atoms with Crippen LogP contribution in [-0.2, 0) is 6.54 Å². The van der Waals surface area contributed by atoms with Gasteiger partial charge in [0, 0.05) is 17.1 Å². The number of nitrogens with one attached hydrogen (secondary N) is 1. The minimum absolute atomic E-state index is 0.366. The monoisotopic (exact) mass is 295 g/mol. The number of ether oxygens (including phenoxy) is 1. The van der Waals surface area contributed by atoms with Crippen LogP contribution in [0, 0.1) is 5.92 Å². The normalized spacial score (nSPS) is 22.8. The van der Waals surface area contributed by atoms with Crippen molar-refractivity contribution in [1.29, 1.82) is 0 Å². The highest BCUT2D eigenvalue weighted by Crippen LogP contribution is 2.30. The molecule has 0 heterocycles. The van der Waals surface area contributed by atoms with Crippen LogP contribution < -0.4 is 10.1 Å². The fourth-order valence-electron chi connectivity index (χ4n) is 2.87. The van der Waals surface area contributed by atoms with Crippen LogP contribution in [0.15, 0.2) is 18.2 Å². The number of hydrogen-bond acceptors (Lipinski definition) is 2. The highest BCUT2D eigenvalue weighted by molar-refractivity contribution is 6.30. The van der Waals surface area contributed by atoms with E-state index in [2.05, 4.69) is 19.2 Å². The van der Waals surface area contributed by atoms with Crippen molar-refractivity contribution in [3.63, 3.8) is 0 Å². The van der Waals surface area contributed by atoms with E-state index in [1.165, 1.54) is 31.2 Å². The number of hydrogen-bond donors (Lipinski definition) is 1. The Labute approximate surface area is 127 Å². The van der Waals surface area contributed by atoms with Crippen molar-refractivity contribution < 1.29 is 4.74 Å². The van der Waals surface area contributed by atoms with E-state index in [4.69, 9.17) is 16.3 Å². The van der Waals surface area contributed by atoms with Crippen molar-refractivity contribution in [1.82, 2.24) is 5.32 Å². The molecule has 1 N–H and O–H groups in total. The molecule has 2 unspecified atom stereocenters. The van der Waals surface area contributed by atoms with E-state index in [0.29, 0.717) is 6.10 Å². The molecule has 2 rings (SSSR count). The molecule has 1 aromatic rings. The van der Waals surface area contributed by atoms with Crippen LogP contribution in [0.3, 0.4) is 0 Å². The Morgan fingerprint density at radius 3 is 2.95 bits per heavy atom. The first-order valence-corrected chi connectivity index (χ1v) is 8.22. The van der Waals surface area contributed by atoms with Gasteiger partial charge in [0.05, 0.1) is 6.10 Å². The summed E-state index contributed by atoms with van der Waals surface area (Å²) >= 11 is 6.11. The molecular formula is C17H26ClNO. The summed E-state index contributed by atoms with van der Waals surface area (Å²) in [6.45, 7) is 6.34. The minimum Gasteiger partial charge on any atom is -0.490 e. The fraction of sp³-hybridized carbons (Fsp3) is 0.647. The molecule has 0 saturated heterocycles. The lowest BCUT2D eigenvalue weighted by Crippen LogP contribution is -2.25. The molecule has 0 amide bonds. The molecule has 112 valence electrons.